The number of nitrogens with zero attached hydrogens (tertiary/aromatic N) is 2. The van der Waals surface area contributed by atoms with E-state index in [0.717, 1.165) is 48.4 Å². The molecular formula is C23H23N3O4. The molecule has 7 heteroatoms. The topological polar surface area (TPSA) is 82.1 Å². The van der Waals surface area contributed by atoms with Gasteiger partial charge in [0.15, 0.2) is 0 Å². The fraction of sp³-hybridized carbons (Fsp3) is 0.304. The number of para-hydroxylation sites is 1. The fourth-order valence-corrected chi connectivity index (χ4v) is 4.37. The van der Waals surface area contributed by atoms with Crippen LogP contribution >= 0.6 is 0 Å². The Morgan fingerprint density at radius 1 is 1.07 bits per heavy atom. The molecular weight excluding hydrogens is 382 g/mol. The van der Waals surface area contributed by atoms with Crippen LogP contribution in [0, 0.1) is 0 Å². The normalized spacial score (nSPS) is 20.5. The highest BCUT2D eigenvalue weighted by molar-refractivity contribution is 6.36. The molecule has 3 heterocycles. The summed E-state index contributed by atoms with van der Waals surface area (Å²) in [6.45, 7) is 4.03. The van der Waals surface area contributed by atoms with Gasteiger partial charge in [-0.2, -0.15) is 0 Å². The fourth-order valence-electron chi connectivity index (χ4n) is 4.37. The van der Waals surface area contributed by atoms with Gasteiger partial charge in [-0.05, 0) is 18.1 Å². The van der Waals surface area contributed by atoms with E-state index >= 15 is 0 Å². The Kier molecular flexibility index (Phi) is 4.67. The summed E-state index contributed by atoms with van der Waals surface area (Å²) in [6, 6.07) is 14.0. The molecule has 2 amide bonds. The van der Waals surface area contributed by atoms with Crippen molar-refractivity contribution >= 4 is 29.0 Å². The number of rotatable bonds is 3. The van der Waals surface area contributed by atoms with E-state index in [-0.39, 0.29) is 5.91 Å². The van der Waals surface area contributed by atoms with Crippen LogP contribution < -0.4 is 5.32 Å². The Balaban J connectivity index is 1.31. The number of anilines is 1. The number of carbonyl (C=O) groups is 2. The lowest BCUT2D eigenvalue weighted by Crippen LogP contribution is -2.48. The smallest absolute Gasteiger partial charge is 0.407 e. The zero-order valence-electron chi connectivity index (χ0n) is 16.6. The number of carboxylic acid groups (broad SMARTS) is 1. The van der Waals surface area contributed by atoms with Gasteiger partial charge in [0.2, 0.25) is 0 Å². The van der Waals surface area contributed by atoms with Gasteiger partial charge in [-0.25, -0.2) is 4.79 Å². The number of benzene rings is 2. The van der Waals surface area contributed by atoms with Gasteiger partial charge in [0.05, 0.1) is 5.57 Å². The summed E-state index contributed by atoms with van der Waals surface area (Å²) in [6.07, 6.45) is 0.0621. The van der Waals surface area contributed by atoms with Gasteiger partial charge in [0.25, 0.3) is 5.91 Å². The standard InChI is InChI=1S/C23H23N3O4/c27-22-20(18-3-1-2-4-19(18)24-22)21-17-6-5-15(13-16(17)14-30-21)7-8-25-9-11-26(12-10-25)23(28)29/h1-6,13H,7-12,14H2,(H,24,27)(H,28,29). The van der Waals surface area contributed by atoms with Crippen molar-refractivity contribution in [3.8, 4) is 0 Å². The molecule has 3 aliphatic heterocycles. The van der Waals surface area contributed by atoms with Gasteiger partial charge >= 0.3 is 6.09 Å². The Bertz CT molecular complexity index is 1050. The molecule has 0 radical (unpaired) electrons. The molecule has 0 unspecified atom stereocenters. The van der Waals surface area contributed by atoms with Crippen molar-refractivity contribution in [2.75, 3.05) is 38.0 Å². The minimum atomic E-state index is -0.836. The first-order valence-corrected chi connectivity index (χ1v) is 10.2. The maximum atomic E-state index is 12.5. The van der Waals surface area contributed by atoms with Gasteiger partial charge in [0, 0.05) is 55.1 Å². The van der Waals surface area contributed by atoms with Crippen LogP contribution in [0.5, 0.6) is 0 Å². The third kappa shape index (κ3) is 3.31. The summed E-state index contributed by atoms with van der Waals surface area (Å²) in [5.41, 5.74) is 5.61. The van der Waals surface area contributed by atoms with Crippen molar-refractivity contribution in [1.82, 2.24) is 9.80 Å². The maximum absolute atomic E-state index is 12.5. The highest BCUT2D eigenvalue weighted by atomic mass is 16.5. The van der Waals surface area contributed by atoms with Crippen LogP contribution in [0.3, 0.4) is 0 Å². The van der Waals surface area contributed by atoms with E-state index < -0.39 is 6.09 Å². The SMILES string of the molecule is O=C1Nc2ccccc2C1=C1OCc2cc(CCN3CCN(C(=O)O)CC3)ccc21. The molecule has 2 aromatic carbocycles. The second-order valence-corrected chi connectivity index (χ2v) is 7.85. The molecule has 1 fully saturated rings. The highest BCUT2D eigenvalue weighted by Gasteiger charge is 2.32. The third-order valence-electron chi connectivity index (χ3n) is 6.04. The first-order chi connectivity index (χ1) is 14.6. The Labute approximate surface area is 174 Å². The lowest BCUT2D eigenvalue weighted by atomic mass is 9.98. The Hall–Kier alpha value is -3.32. The lowest BCUT2D eigenvalue weighted by molar-refractivity contribution is -0.110. The van der Waals surface area contributed by atoms with Crippen molar-refractivity contribution in [3.63, 3.8) is 0 Å². The summed E-state index contributed by atoms with van der Waals surface area (Å²) in [7, 11) is 0. The van der Waals surface area contributed by atoms with Crippen molar-refractivity contribution in [2.45, 2.75) is 13.0 Å². The van der Waals surface area contributed by atoms with Crippen LogP contribution in [-0.4, -0.2) is 59.6 Å². The molecule has 5 rings (SSSR count). The van der Waals surface area contributed by atoms with Crippen LogP contribution in [0.2, 0.25) is 0 Å². The molecule has 0 aliphatic carbocycles. The van der Waals surface area contributed by atoms with E-state index in [4.69, 9.17) is 9.84 Å². The van der Waals surface area contributed by atoms with Gasteiger partial charge in [0.1, 0.15) is 12.4 Å². The highest BCUT2D eigenvalue weighted by Crippen LogP contribution is 2.41. The molecule has 0 spiro atoms. The molecule has 154 valence electrons. The average molecular weight is 405 g/mol. The largest absolute Gasteiger partial charge is 0.487 e. The number of carbonyl (C=O) groups excluding carboxylic acids is 1. The zero-order valence-corrected chi connectivity index (χ0v) is 16.6. The minimum absolute atomic E-state index is 0.122. The maximum Gasteiger partial charge on any atom is 0.407 e. The lowest BCUT2D eigenvalue weighted by Gasteiger charge is -2.33. The van der Waals surface area contributed by atoms with Crippen molar-refractivity contribution in [1.29, 1.82) is 0 Å². The predicted molar refractivity (Wildman–Crippen MR) is 113 cm³/mol. The number of piperazine rings is 1. The van der Waals surface area contributed by atoms with Crippen LogP contribution in [0.1, 0.15) is 22.3 Å². The second-order valence-electron chi connectivity index (χ2n) is 7.85. The number of hydrogen-bond donors (Lipinski definition) is 2. The van der Waals surface area contributed by atoms with Crippen molar-refractivity contribution < 1.29 is 19.4 Å². The summed E-state index contributed by atoms with van der Waals surface area (Å²) in [5, 5.41) is 12.0. The molecule has 0 saturated carbocycles. The van der Waals surface area contributed by atoms with Crippen LogP contribution in [0.4, 0.5) is 10.5 Å². The van der Waals surface area contributed by atoms with E-state index in [9.17, 15) is 9.59 Å². The van der Waals surface area contributed by atoms with Crippen LogP contribution in [0.15, 0.2) is 42.5 Å². The molecule has 2 aromatic rings. The summed E-state index contributed by atoms with van der Waals surface area (Å²) in [4.78, 5) is 27.3. The first kappa shape index (κ1) is 18.7. The Morgan fingerprint density at radius 3 is 2.67 bits per heavy atom. The molecule has 0 aromatic heterocycles. The predicted octanol–water partition coefficient (Wildman–Crippen LogP) is 2.88. The third-order valence-corrected chi connectivity index (χ3v) is 6.04. The number of amides is 2. The quantitative estimate of drug-likeness (QED) is 0.768. The number of ether oxygens (including phenoxy) is 1. The van der Waals surface area contributed by atoms with Crippen molar-refractivity contribution in [2.24, 2.45) is 0 Å². The summed E-state index contributed by atoms with van der Waals surface area (Å²) in [5.74, 6) is 0.535. The van der Waals surface area contributed by atoms with Crippen molar-refractivity contribution in [3.05, 3.63) is 64.7 Å². The van der Waals surface area contributed by atoms with E-state index in [2.05, 4.69) is 28.4 Å². The van der Waals surface area contributed by atoms with E-state index in [1.54, 1.807) is 0 Å². The molecule has 30 heavy (non-hydrogen) atoms. The average Bonchev–Trinajstić information content (AvgIpc) is 3.31. The number of fused-ring (bicyclic) bond motifs is 2. The van der Waals surface area contributed by atoms with E-state index in [1.165, 1.54) is 10.5 Å². The summed E-state index contributed by atoms with van der Waals surface area (Å²) >= 11 is 0. The Morgan fingerprint density at radius 2 is 1.87 bits per heavy atom. The van der Waals surface area contributed by atoms with Crippen LogP contribution in [0.25, 0.3) is 11.3 Å². The molecule has 0 bridgehead atoms. The number of nitrogens with one attached hydrogen (secondary N) is 1. The minimum Gasteiger partial charge on any atom is -0.487 e. The summed E-state index contributed by atoms with van der Waals surface area (Å²) < 4.78 is 5.97. The monoisotopic (exact) mass is 405 g/mol. The zero-order chi connectivity index (χ0) is 20.7. The van der Waals surface area contributed by atoms with Gasteiger partial charge in [-0.1, -0.05) is 36.4 Å². The molecule has 0 atom stereocenters. The number of hydrogen-bond acceptors (Lipinski definition) is 4. The van der Waals surface area contributed by atoms with Gasteiger partial charge in [-0.15, -0.1) is 0 Å². The van der Waals surface area contributed by atoms with Gasteiger partial charge < -0.3 is 20.1 Å². The molecule has 3 aliphatic rings. The second kappa shape index (κ2) is 7.50. The molecule has 2 N–H and O–H groups in total. The first-order valence-electron chi connectivity index (χ1n) is 10.2. The molecule has 7 nitrogen and oxygen atoms in total. The van der Waals surface area contributed by atoms with E-state index in [1.807, 2.05) is 24.3 Å². The van der Waals surface area contributed by atoms with Gasteiger partial charge in [-0.3, -0.25) is 9.69 Å². The van der Waals surface area contributed by atoms with Crippen LogP contribution in [-0.2, 0) is 22.6 Å². The van der Waals surface area contributed by atoms with E-state index in [0.29, 0.717) is 31.0 Å². The molecule has 1 saturated heterocycles.